The minimum Gasteiger partial charge on any atom is -0.393 e. The van der Waals surface area contributed by atoms with Gasteiger partial charge in [0, 0.05) is 0 Å². The van der Waals surface area contributed by atoms with Gasteiger partial charge in [-0.3, -0.25) is 0 Å². The Morgan fingerprint density at radius 2 is 2.17 bits per heavy atom. The van der Waals surface area contributed by atoms with Crippen molar-refractivity contribution in [2.45, 2.75) is 39.7 Å². The van der Waals surface area contributed by atoms with E-state index in [1.54, 1.807) is 0 Å². The molecular formula is C10H21NO. The van der Waals surface area contributed by atoms with Crippen molar-refractivity contribution >= 4 is 0 Å². The molecule has 0 unspecified atom stereocenters. The topological polar surface area (TPSA) is 46.2 Å². The predicted molar refractivity (Wildman–Crippen MR) is 50.7 cm³/mol. The Balaban J connectivity index is 2.48. The molecule has 0 aromatic rings. The van der Waals surface area contributed by atoms with Gasteiger partial charge in [0.05, 0.1) is 6.10 Å². The maximum atomic E-state index is 9.46. The van der Waals surface area contributed by atoms with Crippen LogP contribution in [0.2, 0.25) is 0 Å². The largest absolute Gasteiger partial charge is 0.393 e. The van der Waals surface area contributed by atoms with Crippen LogP contribution in [0, 0.1) is 17.3 Å². The highest BCUT2D eigenvalue weighted by molar-refractivity contribution is 4.98. The van der Waals surface area contributed by atoms with Gasteiger partial charge in [-0.15, -0.1) is 0 Å². The Morgan fingerprint density at radius 3 is 2.50 bits per heavy atom. The van der Waals surface area contributed by atoms with Gasteiger partial charge in [-0.2, -0.15) is 0 Å². The van der Waals surface area contributed by atoms with Gasteiger partial charge in [0.2, 0.25) is 0 Å². The van der Waals surface area contributed by atoms with Crippen LogP contribution in [0.4, 0.5) is 0 Å². The van der Waals surface area contributed by atoms with Crippen LogP contribution in [0.1, 0.15) is 33.6 Å². The molecule has 12 heavy (non-hydrogen) atoms. The number of rotatable bonds is 3. The molecule has 0 heterocycles. The van der Waals surface area contributed by atoms with Crippen molar-refractivity contribution in [3.05, 3.63) is 0 Å². The minimum atomic E-state index is -0.158. The molecule has 0 aromatic heterocycles. The first-order chi connectivity index (χ1) is 5.50. The van der Waals surface area contributed by atoms with Crippen LogP contribution in [-0.4, -0.2) is 17.8 Å². The van der Waals surface area contributed by atoms with Gasteiger partial charge in [0.25, 0.3) is 0 Å². The number of hydrogen-bond acceptors (Lipinski definition) is 2. The zero-order chi connectivity index (χ0) is 9.35. The summed E-state index contributed by atoms with van der Waals surface area (Å²) in [5.41, 5.74) is 5.82. The van der Waals surface area contributed by atoms with E-state index in [9.17, 15) is 5.11 Å². The lowest BCUT2D eigenvalue weighted by molar-refractivity contribution is -0.0895. The molecule has 0 bridgehead atoms. The minimum absolute atomic E-state index is 0.158. The van der Waals surface area contributed by atoms with Crippen molar-refractivity contribution in [2.24, 2.45) is 23.0 Å². The normalized spacial score (nSPS) is 35.8. The third-order valence-electron chi connectivity index (χ3n) is 3.64. The fourth-order valence-electron chi connectivity index (χ4n) is 2.57. The average molecular weight is 171 g/mol. The summed E-state index contributed by atoms with van der Waals surface area (Å²) in [7, 11) is 0. The van der Waals surface area contributed by atoms with Crippen molar-refractivity contribution in [1.82, 2.24) is 0 Å². The van der Waals surface area contributed by atoms with Crippen molar-refractivity contribution in [1.29, 1.82) is 0 Å². The standard InChI is InChI=1S/C10H21NO/c1-7(12)9-6-8(4-5-11)10(9,2)3/h7-9,12H,4-6,11H2,1-3H3/t7-,8-,9-/m0/s1. The van der Waals surface area contributed by atoms with Crippen LogP contribution >= 0.6 is 0 Å². The second-order valence-corrected chi connectivity index (χ2v) is 4.68. The molecule has 1 aliphatic rings. The average Bonchev–Trinajstić information content (AvgIpc) is 1.96. The Kier molecular flexibility index (Phi) is 2.79. The molecule has 3 N–H and O–H groups in total. The van der Waals surface area contributed by atoms with Crippen molar-refractivity contribution in [3.8, 4) is 0 Å². The lowest BCUT2D eigenvalue weighted by atomic mass is 9.52. The van der Waals surface area contributed by atoms with E-state index in [-0.39, 0.29) is 6.10 Å². The first-order valence-corrected chi connectivity index (χ1v) is 4.88. The molecular weight excluding hydrogens is 150 g/mol. The smallest absolute Gasteiger partial charge is 0.0545 e. The SMILES string of the molecule is C[C@H](O)[C@@H]1C[C@H](CCN)C1(C)C. The Labute approximate surface area is 75.2 Å². The van der Waals surface area contributed by atoms with E-state index in [4.69, 9.17) is 5.73 Å². The molecule has 0 spiro atoms. The fraction of sp³-hybridized carbons (Fsp3) is 1.00. The summed E-state index contributed by atoms with van der Waals surface area (Å²) in [5.74, 6) is 1.20. The van der Waals surface area contributed by atoms with E-state index in [0.29, 0.717) is 11.3 Å². The molecule has 2 heteroatoms. The predicted octanol–water partition coefficient (Wildman–Crippen LogP) is 1.38. The lowest BCUT2D eigenvalue weighted by Gasteiger charge is -2.54. The van der Waals surface area contributed by atoms with E-state index in [1.165, 1.54) is 0 Å². The van der Waals surface area contributed by atoms with Crippen molar-refractivity contribution in [3.63, 3.8) is 0 Å². The molecule has 72 valence electrons. The quantitative estimate of drug-likeness (QED) is 0.674. The van der Waals surface area contributed by atoms with Gasteiger partial charge in [-0.05, 0) is 43.6 Å². The second-order valence-electron chi connectivity index (χ2n) is 4.68. The number of nitrogens with two attached hydrogens (primary N) is 1. The first-order valence-electron chi connectivity index (χ1n) is 4.88. The van der Waals surface area contributed by atoms with Gasteiger partial charge in [-0.25, -0.2) is 0 Å². The van der Waals surface area contributed by atoms with Crippen molar-refractivity contribution < 1.29 is 5.11 Å². The van der Waals surface area contributed by atoms with Crippen LogP contribution in [0.5, 0.6) is 0 Å². The molecule has 0 amide bonds. The van der Waals surface area contributed by atoms with E-state index < -0.39 is 0 Å². The highest BCUT2D eigenvalue weighted by atomic mass is 16.3. The van der Waals surface area contributed by atoms with E-state index >= 15 is 0 Å². The summed E-state index contributed by atoms with van der Waals surface area (Å²) < 4.78 is 0. The second kappa shape index (κ2) is 3.35. The summed E-state index contributed by atoms with van der Waals surface area (Å²) in [6.45, 7) is 7.16. The summed E-state index contributed by atoms with van der Waals surface area (Å²) in [6, 6.07) is 0. The zero-order valence-corrected chi connectivity index (χ0v) is 8.38. The van der Waals surface area contributed by atoms with Crippen LogP contribution < -0.4 is 5.73 Å². The van der Waals surface area contributed by atoms with Crippen LogP contribution in [-0.2, 0) is 0 Å². The molecule has 0 aliphatic heterocycles. The third-order valence-corrected chi connectivity index (χ3v) is 3.64. The number of hydrogen-bond donors (Lipinski definition) is 2. The van der Waals surface area contributed by atoms with Crippen LogP contribution in [0.25, 0.3) is 0 Å². The van der Waals surface area contributed by atoms with Gasteiger partial charge in [0.15, 0.2) is 0 Å². The summed E-state index contributed by atoms with van der Waals surface area (Å²) in [4.78, 5) is 0. The van der Waals surface area contributed by atoms with Gasteiger partial charge >= 0.3 is 0 Å². The Bertz CT molecular complexity index is 154. The fourth-order valence-corrected chi connectivity index (χ4v) is 2.57. The zero-order valence-electron chi connectivity index (χ0n) is 8.38. The number of aliphatic hydroxyl groups is 1. The maximum absolute atomic E-state index is 9.46. The molecule has 0 radical (unpaired) electrons. The third kappa shape index (κ3) is 1.50. The van der Waals surface area contributed by atoms with Gasteiger partial charge < -0.3 is 10.8 Å². The van der Waals surface area contributed by atoms with E-state index in [2.05, 4.69) is 13.8 Å². The maximum Gasteiger partial charge on any atom is 0.0545 e. The summed E-state index contributed by atoms with van der Waals surface area (Å²) >= 11 is 0. The summed E-state index contributed by atoms with van der Waals surface area (Å²) in [5, 5.41) is 9.46. The van der Waals surface area contributed by atoms with Crippen LogP contribution in [0.3, 0.4) is 0 Å². The highest BCUT2D eigenvalue weighted by Gasteiger charge is 2.48. The van der Waals surface area contributed by atoms with Gasteiger partial charge in [-0.1, -0.05) is 13.8 Å². The molecule has 0 saturated heterocycles. The molecule has 0 aromatic carbocycles. The highest BCUT2D eigenvalue weighted by Crippen LogP contribution is 2.53. The van der Waals surface area contributed by atoms with Crippen LogP contribution in [0.15, 0.2) is 0 Å². The Hall–Kier alpha value is -0.0800. The summed E-state index contributed by atoms with van der Waals surface area (Å²) in [6.07, 6.45) is 2.10. The molecule has 2 nitrogen and oxygen atoms in total. The molecule has 3 atom stereocenters. The monoisotopic (exact) mass is 171 g/mol. The van der Waals surface area contributed by atoms with Crippen molar-refractivity contribution in [2.75, 3.05) is 6.54 Å². The van der Waals surface area contributed by atoms with E-state index in [0.717, 1.165) is 25.3 Å². The lowest BCUT2D eigenvalue weighted by Crippen LogP contribution is -2.50. The molecule has 1 fully saturated rings. The molecule has 1 aliphatic carbocycles. The van der Waals surface area contributed by atoms with Gasteiger partial charge in [0.1, 0.15) is 0 Å². The van der Waals surface area contributed by atoms with E-state index in [1.807, 2.05) is 6.92 Å². The first kappa shape index (κ1) is 10.0. The molecule has 1 saturated carbocycles. The number of aliphatic hydroxyl groups excluding tert-OH is 1. The Morgan fingerprint density at radius 1 is 1.58 bits per heavy atom. The molecule has 1 rings (SSSR count).